The molecule has 1 aromatic heterocycles. The molecule has 0 amide bonds. The summed E-state index contributed by atoms with van der Waals surface area (Å²) in [7, 11) is 0. The van der Waals surface area contributed by atoms with Crippen molar-refractivity contribution in [3.63, 3.8) is 0 Å². The van der Waals surface area contributed by atoms with Crippen LogP contribution in [0.3, 0.4) is 0 Å². The zero-order valence-corrected chi connectivity index (χ0v) is 9.76. The average molecular weight is 232 g/mol. The maximum Gasteiger partial charge on any atom is 0.225 e. The summed E-state index contributed by atoms with van der Waals surface area (Å²) < 4.78 is 2.02. The van der Waals surface area contributed by atoms with Gasteiger partial charge in [0, 0.05) is 11.3 Å². The van der Waals surface area contributed by atoms with E-state index in [0.29, 0.717) is 16.6 Å². The highest BCUT2D eigenvalue weighted by Gasteiger charge is 2.27. The Bertz CT molecular complexity index is 302. The lowest BCUT2D eigenvalue weighted by molar-refractivity contribution is 0.364. The standard InChI is InChI=1S/C9H14ClN3S/c1-14-8-5-3-2-4-7(8)13-6-11-12-9(13)10/h6-8H,2-5H2,1H3. The summed E-state index contributed by atoms with van der Waals surface area (Å²) in [5.41, 5.74) is 0. The molecule has 1 aliphatic carbocycles. The van der Waals surface area contributed by atoms with Crippen molar-refractivity contribution < 1.29 is 0 Å². The van der Waals surface area contributed by atoms with Crippen LogP contribution in [0.1, 0.15) is 31.7 Å². The van der Waals surface area contributed by atoms with Gasteiger partial charge >= 0.3 is 0 Å². The van der Waals surface area contributed by atoms with Gasteiger partial charge in [-0.05, 0) is 30.7 Å². The molecule has 0 spiro atoms. The van der Waals surface area contributed by atoms with Crippen molar-refractivity contribution in [2.75, 3.05) is 6.26 Å². The largest absolute Gasteiger partial charge is 0.300 e. The van der Waals surface area contributed by atoms with Crippen molar-refractivity contribution in [3.05, 3.63) is 11.6 Å². The van der Waals surface area contributed by atoms with Crippen LogP contribution in [-0.4, -0.2) is 26.3 Å². The molecule has 0 saturated heterocycles. The van der Waals surface area contributed by atoms with Crippen LogP contribution < -0.4 is 0 Å². The Hall–Kier alpha value is -0.220. The smallest absolute Gasteiger partial charge is 0.225 e. The van der Waals surface area contributed by atoms with Gasteiger partial charge in [0.1, 0.15) is 6.33 Å². The minimum atomic E-state index is 0.487. The summed E-state index contributed by atoms with van der Waals surface area (Å²) in [5.74, 6) is 0. The van der Waals surface area contributed by atoms with Crippen LogP contribution in [-0.2, 0) is 0 Å². The molecule has 0 N–H and O–H groups in total. The summed E-state index contributed by atoms with van der Waals surface area (Å²) in [6.45, 7) is 0. The molecule has 1 aromatic rings. The Kier molecular flexibility index (Phi) is 3.34. The molecule has 2 unspecified atom stereocenters. The van der Waals surface area contributed by atoms with Crippen LogP contribution in [0.4, 0.5) is 0 Å². The second-order valence-electron chi connectivity index (χ2n) is 3.63. The summed E-state index contributed by atoms with van der Waals surface area (Å²) in [4.78, 5) is 0. The quantitative estimate of drug-likeness (QED) is 0.784. The van der Waals surface area contributed by atoms with E-state index in [1.54, 1.807) is 6.33 Å². The number of hydrogen-bond donors (Lipinski definition) is 0. The van der Waals surface area contributed by atoms with Crippen molar-refractivity contribution in [2.45, 2.75) is 37.0 Å². The molecule has 2 rings (SSSR count). The average Bonchev–Trinajstić information content (AvgIpc) is 2.64. The van der Waals surface area contributed by atoms with Gasteiger partial charge in [-0.1, -0.05) is 12.8 Å². The number of thioether (sulfide) groups is 1. The highest BCUT2D eigenvalue weighted by atomic mass is 35.5. The number of hydrogen-bond acceptors (Lipinski definition) is 3. The van der Waals surface area contributed by atoms with Crippen molar-refractivity contribution in [3.8, 4) is 0 Å². The van der Waals surface area contributed by atoms with Gasteiger partial charge in [-0.2, -0.15) is 11.8 Å². The van der Waals surface area contributed by atoms with E-state index < -0.39 is 0 Å². The highest BCUT2D eigenvalue weighted by molar-refractivity contribution is 7.99. The first-order valence-electron chi connectivity index (χ1n) is 4.90. The van der Waals surface area contributed by atoms with E-state index in [2.05, 4.69) is 16.5 Å². The predicted molar refractivity (Wildman–Crippen MR) is 59.8 cm³/mol. The first kappa shape index (κ1) is 10.3. The Balaban J connectivity index is 2.19. The molecule has 1 saturated carbocycles. The lowest BCUT2D eigenvalue weighted by Gasteiger charge is -2.31. The molecule has 0 radical (unpaired) electrons. The molecule has 5 heteroatoms. The van der Waals surface area contributed by atoms with Crippen molar-refractivity contribution >= 4 is 23.4 Å². The highest BCUT2D eigenvalue weighted by Crippen LogP contribution is 2.36. The molecule has 14 heavy (non-hydrogen) atoms. The van der Waals surface area contributed by atoms with Crippen molar-refractivity contribution in [1.29, 1.82) is 0 Å². The molecular weight excluding hydrogens is 218 g/mol. The van der Waals surface area contributed by atoms with Crippen molar-refractivity contribution in [2.24, 2.45) is 0 Å². The Morgan fingerprint density at radius 1 is 1.50 bits per heavy atom. The van der Waals surface area contributed by atoms with E-state index in [1.807, 2.05) is 16.3 Å². The zero-order chi connectivity index (χ0) is 9.97. The first-order chi connectivity index (χ1) is 6.83. The minimum absolute atomic E-state index is 0.487. The van der Waals surface area contributed by atoms with Crippen LogP contribution in [0.25, 0.3) is 0 Å². The SMILES string of the molecule is CSC1CCCCC1n1cnnc1Cl. The Labute approximate surface area is 93.2 Å². The van der Waals surface area contributed by atoms with Gasteiger partial charge in [0.05, 0.1) is 0 Å². The van der Waals surface area contributed by atoms with Gasteiger partial charge < -0.3 is 4.57 Å². The first-order valence-corrected chi connectivity index (χ1v) is 6.57. The normalized spacial score (nSPS) is 27.9. The third-order valence-electron chi connectivity index (χ3n) is 2.86. The van der Waals surface area contributed by atoms with E-state index in [-0.39, 0.29) is 0 Å². The van der Waals surface area contributed by atoms with E-state index in [4.69, 9.17) is 11.6 Å². The van der Waals surface area contributed by atoms with Crippen LogP contribution in [0.5, 0.6) is 0 Å². The summed E-state index contributed by atoms with van der Waals surface area (Å²) >= 11 is 7.90. The molecular formula is C9H14ClN3S. The van der Waals surface area contributed by atoms with Crippen molar-refractivity contribution in [1.82, 2.24) is 14.8 Å². The number of aromatic nitrogens is 3. The summed E-state index contributed by atoms with van der Waals surface area (Å²) in [6, 6.07) is 0.487. The number of halogens is 1. The zero-order valence-electron chi connectivity index (χ0n) is 8.19. The molecule has 0 aliphatic heterocycles. The second-order valence-corrected chi connectivity index (χ2v) is 5.05. The monoisotopic (exact) mass is 231 g/mol. The fourth-order valence-electron chi connectivity index (χ4n) is 2.12. The molecule has 3 nitrogen and oxygen atoms in total. The third kappa shape index (κ3) is 1.91. The maximum atomic E-state index is 5.98. The van der Waals surface area contributed by atoms with Gasteiger partial charge in [-0.15, -0.1) is 10.2 Å². The molecule has 1 aliphatic rings. The van der Waals surface area contributed by atoms with Gasteiger partial charge in [0.25, 0.3) is 0 Å². The van der Waals surface area contributed by atoms with Crippen LogP contribution >= 0.6 is 23.4 Å². The van der Waals surface area contributed by atoms with Crippen LogP contribution in [0, 0.1) is 0 Å². The molecule has 1 heterocycles. The maximum absolute atomic E-state index is 5.98. The lowest BCUT2D eigenvalue weighted by atomic mass is 9.95. The van der Waals surface area contributed by atoms with Crippen LogP contribution in [0.15, 0.2) is 6.33 Å². The van der Waals surface area contributed by atoms with E-state index in [1.165, 1.54) is 25.7 Å². The fraction of sp³-hybridized carbons (Fsp3) is 0.778. The second kappa shape index (κ2) is 4.53. The number of rotatable bonds is 2. The predicted octanol–water partition coefficient (Wildman–Crippen LogP) is 2.78. The summed E-state index contributed by atoms with van der Waals surface area (Å²) in [5, 5.41) is 8.86. The lowest BCUT2D eigenvalue weighted by Crippen LogP contribution is -2.24. The Morgan fingerprint density at radius 2 is 2.29 bits per heavy atom. The molecule has 2 atom stereocenters. The molecule has 78 valence electrons. The van der Waals surface area contributed by atoms with Gasteiger partial charge in [-0.25, -0.2) is 0 Å². The molecule has 0 bridgehead atoms. The van der Waals surface area contributed by atoms with Gasteiger partial charge in [0.2, 0.25) is 5.28 Å². The van der Waals surface area contributed by atoms with E-state index >= 15 is 0 Å². The van der Waals surface area contributed by atoms with Crippen LogP contribution in [0.2, 0.25) is 5.28 Å². The molecule has 0 aromatic carbocycles. The minimum Gasteiger partial charge on any atom is -0.300 e. The van der Waals surface area contributed by atoms with Gasteiger partial charge in [-0.3, -0.25) is 0 Å². The topological polar surface area (TPSA) is 30.7 Å². The van der Waals surface area contributed by atoms with E-state index in [9.17, 15) is 0 Å². The fourth-order valence-corrected chi connectivity index (χ4v) is 3.32. The van der Waals surface area contributed by atoms with E-state index in [0.717, 1.165) is 0 Å². The molecule has 1 fully saturated rings. The summed E-state index contributed by atoms with van der Waals surface area (Å²) in [6.07, 6.45) is 9.02. The third-order valence-corrected chi connectivity index (χ3v) is 4.28. The number of nitrogens with zero attached hydrogens (tertiary/aromatic N) is 3. The van der Waals surface area contributed by atoms with Gasteiger partial charge in [0.15, 0.2) is 0 Å². The Morgan fingerprint density at radius 3 is 2.93 bits per heavy atom.